The fraction of sp³-hybridized carbons (Fsp3) is 0.312. The largest absolute Gasteiger partial charge is 0.389 e. The molecule has 0 bridgehead atoms. The third-order valence-electron chi connectivity index (χ3n) is 3.23. The van der Waals surface area contributed by atoms with Crippen LogP contribution in [0.25, 0.3) is 0 Å². The minimum absolute atomic E-state index is 0.456. The van der Waals surface area contributed by atoms with Gasteiger partial charge in [-0.05, 0) is 37.6 Å². The van der Waals surface area contributed by atoms with Crippen LogP contribution in [0.1, 0.15) is 31.1 Å². The molecule has 0 aliphatic heterocycles. The smallest absolute Gasteiger partial charge is 0.0781 e. The van der Waals surface area contributed by atoms with E-state index >= 15 is 0 Å². The number of pyridine rings is 1. The third-order valence-corrected chi connectivity index (χ3v) is 3.23. The van der Waals surface area contributed by atoms with Crippen LogP contribution in [0.3, 0.4) is 0 Å². The van der Waals surface area contributed by atoms with Crippen LogP contribution in [0, 0.1) is 0 Å². The van der Waals surface area contributed by atoms with Crippen molar-refractivity contribution >= 4 is 5.69 Å². The molecule has 1 heterocycles. The first-order valence-electron chi connectivity index (χ1n) is 6.63. The highest BCUT2D eigenvalue weighted by atomic mass is 16.3. The Hall–Kier alpha value is -1.87. The molecule has 2 aromatic rings. The fourth-order valence-corrected chi connectivity index (χ4v) is 2.20. The second-order valence-electron chi connectivity index (χ2n) is 4.60. The molecule has 0 radical (unpaired) electrons. The summed E-state index contributed by atoms with van der Waals surface area (Å²) in [6, 6.07) is 12.1. The van der Waals surface area contributed by atoms with Gasteiger partial charge in [0, 0.05) is 36.7 Å². The number of para-hydroxylation sites is 1. The highest BCUT2D eigenvalue weighted by Crippen LogP contribution is 2.27. The number of hydrogen-bond acceptors (Lipinski definition) is 3. The summed E-state index contributed by atoms with van der Waals surface area (Å²) in [6.07, 6.45) is 3.16. The van der Waals surface area contributed by atoms with Crippen molar-refractivity contribution < 1.29 is 5.11 Å². The minimum atomic E-state index is -0.456. The monoisotopic (exact) mass is 256 g/mol. The molecule has 0 fully saturated rings. The van der Waals surface area contributed by atoms with Crippen molar-refractivity contribution in [1.82, 2.24) is 4.98 Å². The highest BCUT2D eigenvalue weighted by molar-refractivity contribution is 5.54. The zero-order valence-corrected chi connectivity index (χ0v) is 11.5. The number of hydrogen-bond donors (Lipinski definition) is 1. The van der Waals surface area contributed by atoms with Gasteiger partial charge in [0.1, 0.15) is 0 Å². The van der Waals surface area contributed by atoms with Crippen LogP contribution in [0.5, 0.6) is 0 Å². The number of benzene rings is 1. The van der Waals surface area contributed by atoms with Gasteiger partial charge in [-0.15, -0.1) is 0 Å². The van der Waals surface area contributed by atoms with Crippen LogP contribution >= 0.6 is 0 Å². The van der Waals surface area contributed by atoms with Crippen molar-refractivity contribution in [2.45, 2.75) is 26.5 Å². The Balaban J connectivity index is 2.27. The van der Waals surface area contributed by atoms with Gasteiger partial charge in [0.15, 0.2) is 0 Å². The first-order chi connectivity index (χ1) is 9.22. The number of rotatable bonds is 5. The Bertz CT molecular complexity index is 511. The second-order valence-corrected chi connectivity index (χ2v) is 4.60. The summed E-state index contributed by atoms with van der Waals surface area (Å²) < 4.78 is 0. The average molecular weight is 256 g/mol. The van der Waals surface area contributed by atoms with Crippen molar-refractivity contribution in [3.63, 3.8) is 0 Å². The SMILES string of the molecule is CCN(Cc1ccncc1)c1ccccc1[C@@H](C)O. The Morgan fingerprint density at radius 2 is 1.84 bits per heavy atom. The lowest BCUT2D eigenvalue weighted by Crippen LogP contribution is -2.23. The number of aliphatic hydroxyl groups is 1. The van der Waals surface area contributed by atoms with E-state index in [1.165, 1.54) is 5.56 Å². The molecule has 19 heavy (non-hydrogen) atoms. The topological polar surface area (TPSA) is 36.4 Å². The van der Waals surface area contributed by atoms with Crippen LogP contribution in [-0.4, -0.2) is 16.6 Å². The van der Waals surface area contributed by atoms with E-state index < -0.39 is 6.10 Å². The summed E-state index contributed by atoms with van der Waals surface area (Å²) in [7, 11) is 0. The van der Waals surface area contributed by atoms with E-state index in [0.29, 0.717) is 0 Å². The van der Waals surface area contributed by atoms with Crippen molar-refractivity contribution in [2.24, 2.45) is 0 Å². The van der Waals surface area contributed by atoms with E-state index in [2.05, 4.69) is 22.9 Å². The third kappa shape index (κ3) is 3.32. The molecular weight excluding hydrogens is 236 g/mol. The number of aromatic nitrogens is 1. The Labute approximate surface area is 114 Å². The van der Waals surface area contributed by atoms with Crippen LogP contribution in [-0.2, 0) is 6.54 Å². The molecule has 2 rings (SSSR count). The van der Waals surface area contributed by atoms with Gasteiger partial charge in [-0.3, -0.25) is 4.98 Å². The molecule has 0 unspecified atom stereocenters. The Morgan fingerprint density at radius 3 is 2.47 bits per heavy atom. The summed E-state index contributed by atoms with van der Waals surface area (Å²) in [4.78, 5) is 6.30. The maximum atomic E-state index is 9.88. The van der Waals surface area contributed by atoms with E-state index in [0.717, 1.165) is 24.3 Å². The van der Waals surface area contributed by atoms with Gasteiger partial charge in [0.25, 0.3) is 0 Å². The normalized spacial score (nSPS) is 12.2. The molecule has 1 atom stereocenters. The standard InChI is InChI=1S/C16H20N2O/c1-3-18(12-14-8-10-17-11-9-14)16-7-5-4-6-15(16)13(2)19/h4-11,13,19H,3,12H2,1-2H3/t13-/m1/s1. The van der Waals surface area contributed by atoms with E-state index in [1.54, 1.807) is 6.92 Å². The lowest BCUT2D eigenvalue weighted by Gasteiger charge is -2.26. The maximum absolute atomic E-state index is 9.88. The molecule has 1 aromatic carbocycles. The van der Waals surface area contributed by atoms with Crippen molar-refractivity contribution in [1.29, 1.82) is 0 Å². The summed E-state index contributed by atoms with van der Waals surface area (Å²) in [6.45, 7) is 5.65. The van der Waals surface area contributed by atoms with Gasteiger partial charge in [-0.1, -0.05) is 18.2 Å². The predicted octanol–water partition coefficient (Wildman–Crippen LogP) is 3.16. The summed E-state index contributed by atoms with van der Waals surface area (Å²) >= 11 is 0. The molecule has 3 nitrogen and oxygen atoms in total. The predicted molar refractivity (Wildman–Crippen MR) is 78.0 cm³/mol. The summed E-state index contributed by atoms with van der Waals surface area (Å²) in [5.41, 5.74) is 3.28. The number of nitrogens with zero attached hydrogens (tertiary/aromatic N) is 2. The van der Waals surface area contributed by atoms with E-state index in [9.17, 15) is 5.11 Å². The molecule has 0 spiro atoms. The Kier molecular flexibility index (Phi) is 4.53. The van der Waals surface area contributed by atoms with Crippen LogP contribution in [0.4, 0.5) is 5.69 Å². The van der Waals surface area contributed by atoms with Crippen LogP contribution in [0.15, 0.2) is 48.8 Å². The molecule has 0 saturated carbocycles. The van der Waals surface area contributed by atoms with Gasteiger partial charge < -0.3 is 10.0 Å². The fourth-order valence-electron chi connectivity index (χ4n) is 2.20. The van der Waals surface area contributed by atoms with Gasteiger partial charge in [-0.2, -0.15) is 0 Å². The van der Waals surface area contributed by atoms with Gasteiger partial charge in [0.05, 0.1) is 6.10 Å². The van der Waals surface area contributed by atoms with Crippen molar-refractivity contribution in [3.05, 3.63) is 59.9 Å². The quantitative estimate of drug-likeness (QED) is 0.892. The van der Waals surface area contributed by atoms with Gasteiger partial charge >= 0.3 is 0 Å². The van der Waals surface area contributed by atoms with E-state index in [4.69, 9.17) is 0 Å². The molecule has 1 N–H and O–H groups in total. The van der Waals surface area contributed by atoms with Crippen molar-refractivity contribution in [2.75, 3.05) is 11.4 Å². The van der Waals surface area contributed by atoms with Crippen molar-refractivity contribution in [3.8, 4) is 0 Å². The summed E-state index contributed by atoms with van der Waals surface area (Å²) in [5.74, 6) is 0. The number of anilines is 1. The molecule has 0 aliphatic rings. The van der Waals surface area contributed by atoms with Crippen LogP contribution in [0.2, 0.25) is 0 Å². The second kappa shape index (κ2) is 6.34. The lowest BCUT2D eigenvalue weighted by atomic mass is 10.1. The van der Waals surface area contributed by atoms with Gasteiger partial charge in [0.2, 0.25) is 0 Å². The molecule has 0 aliphatic carbocycles. The average Bonchev–Trinajstić information content (AvgIpc) is 2.46. The van der Waals surface area contributed by atoms with E-state index in [-0.39, 0.29) is 0 Å². The first-order valence-corrected chi connectivity index (χ1v) is 6.63. The van der Waals surface area contributed by atoms with Gasteiger partial charge in [-0.25, -0.2) is 0 Å². The highest BCUT2D eigenvalue weighted by Gasteiger charge is 2.12. The Morgan fingerprint density at radius 1 is 1.16 bits per heavy atom. The number of aliphatic hydroxyl groups excluding tert-OH is 1. The molecule has 0 amide bonds. The van der Waals surface area contributed by atoms with E-state index in [1.807, 2.05) is 42.7 Å². The summed E-state index contributed by atoms with van der Waals surface area (Å²) in [5, 5.41) is 9.88. The maximum Gasteiger partial charge on any atom is 0.0781 e. The zero-order valence-electron chi connectivity index (χ0n) is 11.5. The minimum Gasteiger partial charge on any atom is -0.389 e. The molecule has 100 valence electrons. The molecule has 0 saturated heterocycles. The zero-order chi connectivity index (χ0) is 13.7. The molecule has 3 heteroatoms. The van der Waals surface area contributed by atoms with Crippen LogP contribution < -0.4 is 4.90 Å². The molecular formula is C16H20N2O. The first kappa shape index (κ1) is 13.6. The lowest BCUT2D eigenvalue weighted by molar-refractivity contribution is 0.199. The molecule has 1 aromatic heterocycles.